The van der Waals surface area contributed by atoms with Crippen LogP contribution in [-0.2, 0) is 11.2 Å². The third-order valence-electron chi connectivity index (χ3n) is 4.49. The number of anilines is 1. The third-order valence-corrected chi connectivity index (χ3v) is 6.40. The molecule has 7 heteroatoms. The summed E-state index contributed by atoms with van der Waals surface area (Å²) in [7, 11) is 0. The lowest BCUT2D eigenvalue weighted by molar-refractivity contribution is -0.113. The fraction of sp³-hybridized carbons (Fsp3) is 0.350. The monoisotopic (exact) mass is 401 g/mol. The fourth-order valence-corrected chi connectivity index (χ4v) is 4.59. The summed E-state index contributed by atoms with van der Waals surface area (Å²) >= 11 is 2.79. The minimum Gasteiger partial charge on any atom is -0.325 e. The number of nitrogens with zero attached hydrogens (tertiary/aromatic N) is 1. The van der Waals surface area contributed by atoms with Gasteiger partial charge in [-0.15, -0.1) is 11.3 Å². The van der Waals surface area contributed by atoms with Gasteiger partial charge in [-0.2, -0.15) is 0 Å². The Labute approximate surface area is 166 Å². The van der Waals surface area contributed by atoms with Crippen molar-refractivity contribution in [3.8, 4) is 0 Å². The third kappa shape index (κ3) is 4.78. The molecule has 1 aromatic carbocycles. The van der Waals surface area contributed by atoms with Crippen LogP contribution in [0.2, 0.25) is 0 Å². The van der Waals surface area contributed by atoms with E-state index in [4.69, 9.17) is 0 Å². The quantitative estimate of drug-likeness (QED) is 0.448. The molecule has 1 atom stereocenters. The molecule has 3 aromatic rings. The molecule has 0 aliphatic rings. The average molecular weight is 402 g/mol. The van der Waals surface area contributed by atoms with E-state index in [-0.39, 0.29) is 17.2 Å². The fourth-order valence-electron chi connectivity index (χ4n) is 2.81. The number of aromatic nitrogens is 2. The molecule has 0 unspecified atom stereocenters. The van der Waals surface area contributed by atoms with E-state index >= 15 is 0 Å². The van der Waals surface area contributed by atoms with E-state index in [2.05, 4.69) is 29.1 Å². The number of aryl methyl sites for hydroxylation is 1. The Hall–Kier alpha value is -2.12. The van der Waals surface area contributed by atoms with E-state index in [1.807, 2.05) is 37.3 Å². The number of hydrogen-bond acceptors (Lipinski definition) is 5. The smallest absolute Gasteiger partial charge is 0.260 e. The van der Waals surface area contributed by atoms with Gasteiger partial charge in [0, 0.05) is 10.6 Å². The number of thioether (sulfide) groups is 1. The van der Waals surface area contributed by atoms with Crippen molar-refractivity contribution in [1.29, 1.82) is 0 Å². The van der Waals surface area contributed by atoms with Gasteiger partial charge in [0.1, 0.15) is 4.83 Å². The van der Waals surface area contributed by atoms with Crippen molar-refractivity contribution in [1.82, 2.24) is 9.97 Å². The molecule has 142 valence electrons. The molecule has 0 bridgehead atoms. The van der Waals surface area contributed by atoms with Crippen molar-refractivity contribution in [2.75, 3.05) is 11.1 Å². The lowest BCUT2D eigenvalue weighted by Crippen LogP contribution is -2.15. The maximum absolute atomic E-state index is 12.6. The zero-order chi connectivity index (χ0) is 19.4. The Balaban J connectivity index is 1.75. The minimum atomic E-state index is -0.131. The van der Waals surface area contributed by atoms with Gasteiger partial charge >= 0.3 is 0 Å². The van der Waals surface area contributed by atoms with Gasteiger partial charge in [0.2, 0.25) is 5.91 Å². The van der Waals surface area contributed by atoms with E-state index in [9.17, 15) is 9.59 Å². The second-order valence-corrected chi connectivity index (χ2v) is 8.78. The average Bonchev–Trinajstić information content (AvgIpc) is 2.96. The maximum atomic E-state index is 12.6. The Morgan fingerprint density at radius 3 is 2.78 bits per heavy atom. The normalized spacial score (nSPS) is 12.3. The molecule has 0 radical (unpaired) electrons. The zero-order valence-corrected chi connectivity index (χ0v) is 17.3. The highest BCUT2D eigenvalue weighted by Gasteiger charge is 2.17. The van der Waals surface area contributed by atoms with Crippen molar-refractivity contribution < 1.29 is 4.79 Å². The molecule has 1 amide bonds. The van der Waals surface area contributed by atoms with Gasteiger partial charge in [-0.05, 0) is 37.0 Å². The van der Waals surface area contributed by atoms with Gasteiger partial charge in [0.05, 0.1) is 11.1 Å². The Kier molecular flexibility index (Phi) is 6.34. The van der Waals surface area contributed by atoms with Gasteiger partial charge in [0.15, 0.2) is 5.16 Å². The first-order chi connectivity index (χ1) is 13.0. The first-order valence-electron chi connectivity index (χ1n) is 8.98. The molecule has 0 saturated heterocycles. The molecule has 2 aromatic heterocycles. The SMILES string of the molecule is CC[C@@H](C)Cc1c(C)sc2nc(SCC(=O)Nc3ccccc3)[nH]c(=O)c12. The summed E-state index contributed by atoms with van der Waals surface area (Å²) in [5.74, 6) is 0.582. The summed E-state index contributed by atoms with van der Waals surface area (Å²) in [6.07, 6.45) is 1.96. The van der Waals surface area contributed by atoms with E-state index in [1.165, 1.54) is 11.8 Å². The van der Waals surface area contributed by atoms with Crippen LogP contribution in [0.25, 0.3) is 10.2 Å². The summed E-state index contributed by atoms with van der Waals surface area (Å²) in [6, 6.07) is 9.30. The number of carbonyl (C=O) groups excluding carboxylic acids is 1. The highest BCUT2D eigenvalue weighted by atomic mass is 32.2. The van der Waals surface area contributed by atoms with Crippen molar-refractivity contribution in [3.05, 3.63) is 51.1 Å². The number of rotatable bonds is 7. The topological polar surface area (TPSA) is 74.8 Å². The van der Waals surface area contributed by atoms with Gasteiger partial charge in [-0.25, -0.2) is 4.98 Å². The summed E-state index contributed by atoms with van der Waals surface area (Å²) in [5.41, 5.74) is 1.74. The van der Waals surface area contributed by atoms with Crippen LogP contribution in [0.15, 0.2) is 40.3 Å². The van der Waals surface area contributed by atoms with Crippen molar-refractivity contribution in [3.63, 3.8) is 0 Å². The van der Waals surface area contributed by atoms with Crippen LogP contribution in [0.3, 0.4) is 0 Å². The molecule has 0 spiro atoms. The Morgan fingerprint density at radius 1 is 1.33 bits per heavy atom. The summed E-state index contributed by atoms with van der Waals surface area (Å²) in [6.45, 7) is 6.40. The molecule has 5 nitrogen and oxygen atoms in total. The summed E-state index contributed by atoms with van der Waals surface area (Å²) in [4.78, 5) is 34.0. The van der Waals surface area contributed by atoms with Crippen molar-refractivity contribution in [2.45, 2.75) is 38.8 Å². The highest BCUT2D eigenvalue weighted by molar-refractivity contribution is 7.99. The molecular formula is C20H23N3O2S2. The molecule has 0 saturated carbocycles. The lowest BCUT2D eigenvalue weighted by atomic mass is 9.98. The van der Waals surface area contributed by atoms with E-state index in [0.717, 1.165) is 33.8 Å². The number of benzene rings is 1. The van der Waals surface area contributed by atoms with Crippen LogP contribution in [0.4, 0.5) is 5.69 Å². The van der Waals surface area contributed by atoms with Crippen molar-refractivity contribution >= 4 is 44.9 Å². The number of thiophene rings is 1. The van der Waals surface area contributed by atoms with Crippen LogP contribution in [0.5, 0.6) is 0 Å². The van der Waals surface area contributed by atoms with Crippen LogP contribution >= 0.6 is 23.1 Å². The highest BCUT2D eigenvalue weighted by Crippen LogP contribution is 2.30. The summed E-state index contributed by atoms with van der Waals surface area (Å²) in [5, 5.41) is 4.01. The molecular weight excluding hydrogens is 378 g/mol. The number of fused-ring (bicyclic) bond motifs is 1. The summed E-state index contributed by atoms with van der Waals surface area (Å²) < 4.78 is 0. The van der Waals surface area contributed by atoms with E-state index in [0.29, 0.717) is 16.5 Å². The number of aromatic amines is 1. The van der Waals surface area contributed by atoms with Crippen LogP contribution in [0, 0.1) is 12.8 Å². The number of hydrogen-bond donors (Lipinski definition) is 2. The molecule has 2 heterocycles. The standard InChI is InChI=1S/C20H23N3O2S2/c1-4-12(2)10-15-13(3)27-19-17(15)18(25)22-20(23-19)26-11-16(24)21-14-8-6-5-7-9-14/h5-9,12H,4,10-11H2,1-3H3,(H,21,24)(H,22,23,25)/t12-/m1/s1. The predicted molar refractivity (Wildman–Crippen MR) is 114 cm³/mol. The van der Waals surface area contributed by atoms with Gasteiger partial charge in [-0.1, -0.05) is 50.2 Å². The largest absolute Gasteiger partial charge is 0.325 e. The molecule has 0 fully saturated rings. The van der Waals surface area contributed by atoms with Crippen molar-refractivity contribution in [2.24, 2.45) is 5.92 Å². The second-order valence-electron chi connectivity index (χ2n) is 6.61. The predicted octanol–water partition coefficient (Wildman–Crippen LogP) is 4.61. The number of nitrogens with one attached hydrogen (secondary N) is 2. The molecule has 0 aliphatic heterocycles. The first kappa shape index (κ1) is 19.6. The molecule has 0 aliphatic carbocycles. The Bertz CT molecular complexity index is 996. The van der Waals surface area contributed by atoms with Crippen LogP contribution in [-0.4, -0.2) is 21.6 Å². The second kappa shape index (κ2) is 8.71. The molecule has 27 heavy (non-hydrogen) atoms. The van der Waals surface area contributed by atoms with E-state index in [1.54, 1.807) is 11.3 Å². The number of carbonyl (C=O) groups is 1. The molecule has 2 N–H and O–H groups in total. The number of H-pyrrole nitrogens is 1. The molecule has 3 rings (SSSR count). The lowest BCUT2D eigenvalue weighted by Gasteiger charge is -2.08. The first-order valence-corrected chi connectivity index (χ1v) is 10.8. The number of para-hydroxylation sites is 1. The van der Waals surface area contributed by atoms with E-state index < -0.39 is 0 Å². The Morgan fingerprint density at radius 2 is 2.07 bits per heavy atom. The number of amides is 1. The minimum absolute atomic E-state index is 0.117. The van der Waals surface area contributed by atoms with Crippen LogP contribution in [0.1, 0.15) is 30.7 Å². The van der Waals surface area contributed by atoms with Crippen LogP contribution < -0.4 is 10.9 Å². The zero-order valence-electron chi connectivity index (χ0n) is 15.7. The van der Waals surface area contributed by atoms with Gasteiger partial charge in [-0.3, -0.25) is 9.59 Å². The van der Waals surface area contributed by atoms with Gasteiger partial charge < -0.3 is 10.3 Å². The van der Waals surface area contributed by atoms with Gasteiger partial charge in [0.25, 0.3) is 5.56 Å². The maximum Gasteiger partial charge on any atom is 0.260 e.